The van der Waals surface area contributed by atoms with Crippen LogP contribution in [0.2, 0.25) is 0 Å². The smallest absolute Gasteiger partial charge is 0.254 e. The van der Waals surface area contributed by atoms with Gasteiger partial charge in [0.15, 0.2) is 11.6 Å². The molecule has 3 aromatic carbocycles. The Balaban J connectivity index is 0.000000355. The molecule has 5 rings (SSSR count). The minimum atomic E-state index is -1.15. The lowest BCUT2D eigenvalue weighted by Gasteiger charge is -2.44. The first kappa shape index (κ1) is 34.6. The lowest BCUT2D eigenvalue weighted by atomic mass is 10.0. The summed E-state index contributed by atoms with van der Waals surface area (Å²) in [4.78, 5) is 36.9. The Morgan fingerprint density at radius 1 is 0.884 bits per heavy atom. The summed E-state index contributed by atoms with van der Waals surface area (Å²) in [5.41, 5.74) is 3.58. The summed E-state index contributed by atoms with van der Waals surface area (Å²) in [7, 11) is 1.81. The predicted octanol–water partition coefficient (Wildman–Crippen LogP) is 6.05. The van der Waals surface area contributed by atoms with Crippen molar-refractivity contribution < 1.29 is 27.6 Å². The van der Waals surface area contributed by atoms with Gasteiger partial charge < -0.3 is 19.8 Å². The summed E-state index contributed by atoms with van der Waals surface area (Å²) in [5.74, 6) is -3.05. The summed E-state index contributed by atoms with van der Waals surface area (Å²) in [6.45, 7) is 10.7. The van der Waals surface area contributed by atoms with Crippen molar-refractivity contribution in [1.82, 2.24) is 14.8 Å². The Morgan fingerprint density at radius 3 is 2.05 bits per heavy atom. The van der Waals surface area contributed by atoms with E-state index in [0.29, 0.717) is 18.7 Å². The largest absolute Gasteiger partial charge is 0.388 e. The first-order chi connectivity index (χ1) is 20.7. The highest BCUT2D eigenvalue weighted by Crippen LogP contribution is 2.24. The van der Waals surface area contributed by atoms with Gasteiger partial charge in [-0.1, -0.05) is 24.3 Å². The number of fused-ring (bicyclic) bond motifs is 1. The number of nitrogens with one attached hydrogen (secondary N) is 1. The highest BCUT2D eigenvalue weighted by atomic mass is 19.2. The fourth-order valence-corrected chi connectivity index (χ4v) is 5.08. The second kappa shape index (κ2) is 16.8. The number of nitrogens with zero attached hydrogens (tertiary/aromatic N) is 3. The van der Waals surface area contributed by atoms with Crippen LogP contribution in [0.3, 0.4) is 0 Å². The molecular weight excluding hydrogens is 557 g/mol. The second-order valence-corrected chi connectivity index (χ2v) is 9.90. The average Bonchev–Trinajstić information content (AvgIpc) is 3.03. The molecule has 1 aliphatic heterocycles. The molecule has 43 heavy (non-hydrogen) atoms. The van der Waals surface area contributed by atoms with E-state index in [1.807, 2.05) is 63.8 Å². The van der Waals surface area contributed by atoms with Crippen LogP contribution in [0, 0.1) is 24.4 Å². The zero-order valence-corrected chi connectivity index (χ0v) is 24.8. The molecule has 228 valence electrons. The molecule has 1 N–H and O–H groups in total. The van der Waals surface area contributed by atoms with Gasteiger partial charge in [-0.3, -0.25) is 14.7 Å². The molecule has 10 heteroatoms. The van der Waals surface area contributed by atoms with Crippen LogP contribution >= 0.6 is 0 Å². The third-order valence-corrected chi connectivity index (χ3v) is 7.00. The van der Waals surface area contributed by atoms with Gasteiger partial charge in [-0.05, 0) is 68.8 Å². The number of piperazine rings is 1. The molecule has 2 atom stereocenters. The standard InChI is InChI=1S/C21H24F3N3O.C10H9N.2CH2O/c1-13-10-26(12-17-18(22)8-9-19(23)20(17)24)11-14(2)27(13)21(28)15-4-6-16(25-3)7-5-15;1-8-4-2-5-9-6-3-7-11-10(8)9;2*1-2/h4-9,13-14,25H,10-12H2,1-3H3;2-7H,1H3;2*1H2. The molecule has 0 spiro atoms. The van der Waals surface area contributed by atoms with Crippen molar-refractivity contribution >= 4 is 36.1 Å². The van der Waals surface area contributed by atoms with Gasteiger partial charge in [-0.25, -0.2) is 13.2 Å². The number of amides is 1. The van der Waals surface area contributed by atoms with E-state index in [1.54, 1.807) is 17.0 Å². The number of carbonyl (C=O) groups is 3. The lowest BCUT2D eigenvalue weighted by Crippen LogP contribution is -2.58. The summed E-state index contributed by atoms with van der Waals surface area (Å²) in [6, 6.07) is 18.9. The van der Waals surface area contributed by atoms with Gasteiger partial charge in [0.2, 0.25) is 0 Å². The predicted molar refractivity (Wildman–Crippen MR) is 163 cm³/mol. The van der Waals surface area contributed by atoms with Crippen LogP contribution in [-0.2, 0) is 16.1 Å². The Kier molecular flexibility index (Phi) is 13.5. The van der Waals surface area contributed by atoms with Gasteiger partial charge >= 0.3 is 0 Å². The quantitative estimate of drug-likeness (QED) is 0.290. The van der Waals surface area contributed by atoms with E-state index in [4.69, 9.17) is 9.59 Å². The Bertz CT molecular complexity index is 1470. The number of para-hydroxylation sites is 1. The first-order valence-corrected chi connectivity index (χ1v) is 13.5. The topological polar surface area (TPSA) is 82.6 Å². The Hall–Kier alpha value is -4.57. The van der Waals surface area contributed by atoms with E-state index in [-0.39, 0.29) is 30.1 Å². The van der Waals surface area contributed by atoms with Crippen molar-refractivity contribution in [3.63, 3.8) is 0 Å². The number of rotatable bonds is 4. The van der Waals surface area contributed by atoms with Crippen LogP contribution in [0.1, 0.15) is 35.3 Å². The number of halogens is 3. The number of hydrogen-bond acceptors (Lipinski definition) is 6. The maximum absolute atomic E-state index is 14.0. The third kappa shape index (κ3) is 8.71. The normalized spacial score (nSPS) is 16.0. The number of aromatic nitrogens is 1. The van der Waals surface area contributed by atoms with E-state index < -0.39 is 17.5 Å². The zero-order chi connectivity index (χ0) is 32.1. The molecule has 1 aliphatic rings. The SMILES string of the molecule is C=O.C=O.CNc1ccc(C(=O)N2C(C)CN(Cc3c(F)ccc(F)c3F)CC2C)cc1.Cc1cccc2cccnc12. The van der Waals surface area contributed by atoms with Crippen molar-refractivity contribution in [3.05, 3.63) is 107 Å². The number of hydrogen-bond donors (Lipinski definition) is 1. The van der Waals surface area contributed by atoms with Gasteiger partial charge in [0, 0.05) is 67.2 Å². The first-order valence-electron chi connectivity index (χ1n) is 13.5. The van der Waals surface area contributed by atoms with Gasteiger partial charge in [-0.15, -0.1) is 0 Å². The molecule has 1 aromatic heterocycles. The number of aryl methyl sites for hydroxylation is 1. The van der Waals surface area contributed by atoms with Gasteiger partial charge in [-0.2, -0.15) is 0 Å². The molecule has 7 nitrogen and oxygen atoms in total. The van der Waals surface area contributed by atoms with Crippen molar-refractivity contribution in [2.45, 2.75) is 39.4 Å². The lowest BCUT2D eigenvalue weighted by molar-refractivity contribution is -0.0987. The zero-order valence-electron chi connectivity index (χ0n) is 24.8. The second-order valence-electron chi connectivity index (χ2n) is 9.90. The fraction of sp³-hybridized carbons (Fsp3) is 0.273. The molecule has 2 unspecified atom stereocenters. The van der Waals surface area contributed by atoms with E-state index in [0.717, 1.165) is 23.3 Å². The van der Waals surface area contributed by atoms with Crippen molar-refractivity contribution in [1.29, 1.82) is 0 Å². The monoisotopic (exact) mass is 594 g/mol. The van der Waals surface area contributed by atoms with Crippen molar-refractivity contribution in [2.24, 2.45) is 0 Å². The van der Waals surface area contributed by atoms with E-state index >= 15 is 0 Å². The highest BCUT2D eigenvalue weighted by molar-refractivity contribution is 5.95. The Morgan fingerprint density at radius 2 is 1.47 bits per heavy atom. The highest BCUT2D eigenvalue weighted by Gasteiger charge is 2.34. The van der Waals surface area contributed by atoms with Crippen LogP contribution in [0.25, 0.3) is 10.9 Å². The molecule has 2 heterocycles. The maximum Gasteiger partial charge on any atom is 0.254 e. The molecule has 1 fully saturated rings. The molecule has 1 amide bonds. The maximum atomic E-state index is 14.0. The molecule has 0 aliphatic carbocycles. The Labute approximate surface area is 250 Å². The summed E-state index contributed by atoms with van der Waals surface area (Å²) >= 11 is 0. The molecule has 0 radical (unpaired) electrons. The summed E-state index contributed by atoms with van der Waals surface area (Å²) < 4.78 is 41.4. The van der Waals surface area contributed by atoms with Crippen LogP contribution < -0.4 is 5.32 Å². The van der Waals surface area contributed by atoms with Crippen molar-refractivity contribution in [2.75, 3.05) is 25.5 Å². The van der Waals surface area contributed by atoms with Crippen LogP contribution in [0.15, 0.2) is 72.9 Å². The molecule has 1 saturated heterocycles. The van der Waals surface area contributed by atoms with E-state index in [1.165, 1.54) is 10.9 Å². The molecule has 4 aromatic rings. The number of benzene rings is 3. The molecule has 0 saturated carbocycles. The van der Waals surface area contributed by atoms with E-state index in [9.17, 15) is 18.0 Å². The molecule has 0 bridgehead atoms. The van der Waals surface area contributed by atoms with Crippen LogP contribution in [0.5, 0.6) is 0 Å². The minimum Gasteiger partial charge on any atom is -0.388 e. The fourth-order valence-electron chi connectivity index (χ4n) is 5.08. The number of carbonyl (C=O) groups excluding carboxylic acids is 3. The van der Waals surface area contributed by atoms with Crippen LogP contribution in [-0.4, -0.2) is 66.5 Å². The molecular formula is C33H37F3N4O3. The third-order valence-electron chi connectivity index (χ3n) is 7.00. The minimum absolute atomic E-state index is 0.0387. The van der Waals surface area contributed by atoms with Gasteiger partial charge in [0.05, 0.1) is 5.52 Å². The number of pyridine rings is 1. The summed E-state index contributed by atoms with van der Waals surface area (Å²) in [6.07, 6.45) is 1.83. The van der Waals surface area contributed by atoms with Crippen molar-refractivity contribution in [3.8, 4) is 0 Å². The number of anilines is 1. The summed E-state index contributed by atoms with van der Waals surface area (Å²) in [5, 5.41) is 4.23. The van der Waals surface area contributed by atoms with Crippen LogP contribution in [0.4, 0.5) is 18.9 Å². The average molecular weight is 595 g/mol. The van der Waals surface area contributed by atoms with Gasteiger partial charge in [0.25, 0.3) is 5.91 Å². The van der Waals surface area contributed by atoms with Gasteiger partial charge in [0.1, 0.15) is 19.4 Å². The van der Waals surface area contributed by atoms with E-state index in [2.05, 4.69) is 41.5 Å².